The second kappa shape index (κ2) is 3.12. The fraction of sp³-hybridized carbons (Fsp3) is 0.500. The van der Waals surface area contributed by atoms with Gasteiger partial charge in [0, 0.05) is 21.2 Å². The van der Waals surface area contributed by atoms with E-state index in [9.17, 15) is 4.79 Å². The highest BCUT2D eigenvalue weighted by atomic mass is 127. The first-order valence-electron chi connectivity index (χ1n) is 4.50. The van der Waals surface area contributed by atoms with E-state index in [-0.39, 0.29) is 5.56 Å². The molecule has 1 aromatic rings. The minimum atomic E-state index is 0.0155. The molecular weight excluding hydrogens is 277 g/mol. The SMILES string of the molecule is CC1C(C)C1c1[nH]c(=O)ccc1I. The molecule has 0 aromatic carbocycles. The predicted molar refractivity (Wildman–Crippen MR) is 60.8 cm³/mol. The van der Waals surface area contributed by atoms with E-state index in [0.717, 1.165) is 5.69 Å². The van der Waals surface area contributed by atoms with Gasteiger partial charge < -0.3 is 4.98 Å². The molecular formula is C10H12INO. The van der Waals surface area contributed by atoms with Gasteiger partial charge in [-0.15, -0.1) is 0 Å². The third-order valence-corrected chi connectivity index (χ3v) is 3.99. The van der Waals surface area contributed by atoms with E-state index >= 15 is 0 Å². The van der Waals surface area contributed by atoms with E-state index in [1.54, 1.807) is 6.07 Å². The average molecular weight is 289 g/mol. The van der Waals surface area contributed by atoms with Gasteiger partial charge in [-0.2, -0.15) is 0 Å². The number of hydrogen-bond acceptors (Lipinski definition) is 1. The summed E-state index contributed by atoms with van der Waals surface area (Å²) in [5.74, 6) is 2.00. The molecule has 2 rings (SSSR count). The standard InChI is InChI=1S/C10H12INO/c1-5-6(2)9(5)10-7(11)3-4-8(13)12-10/h3-6,9H,1-2H3,(H,12,13). The molecule has 1 aromatic heterocycles. The normalized spacial score (nSPS) is 31.8. The maximum atomic E-state index is 11.1. The molecule has 1 fully saturated rings. The van der Waals surface area contributed by atoms with Crippen molar-refractivity contribution in [3.05, 3.63) is 31.8 Å². The van der Waals surface area contributed by atoms with Gasteiger partial charge in [0.15, 0.2) is 0 Å². The molecule has 13 heavy (non-hydrogen) atoms. The van der Waals surface area contributed by atoms with Gasteiger partial charge in [-0.1, -0.05) is 13.8 Å². The molecule has 0 bridgehead atoms. The Morgan fingerprint density at radius 3 is 2.46 bits per heavy atom. The van der Waals surface area contributed by atoms with Gasteiger partial charge in [0.1, 0.15) is 0 Å². The lowest BCUT2D eigenvalue weighted by atomic mass is 10.2. The Kier molecular flexibility index (Phi) is 2.21. The summed E-state index contributed by atoms with van der Waals surface area (Å²) in [6.45, 7) is 4.47. The molecule has 1 aliphatic rings. The first kappa shape index (κ1) is 9.24. The number of aromatic amines is 1. The van der Waals surface area contributed by atoms with Crippen LogP contribution in [0.25, 0.3) is 0 Å². The number of halogens is 1. The summed E-state index contributed by atoms with van der Waals surface area (Å²) in [6, 6.07) is 3.48. The van der Waals surface area contributed by atoms with Crippen LogP contribution in [0.4, 0.5) is 0 Å². The Morgan fingerprint density at radius 2 is 1.92 bits per heavy atom. The lowest BCUT2D eigenvalue weighted by Crippen LogP contribution is -2.08. The highest BCUT2D eigenvalue weighted by molar-refractivity contribution is 14.1. The summed E-state index contributed by atoms with van der Waals surface area (Å²) >= 11 is 2.28. The quantitative estimate of drug-likeness (QED) is 0.791. The third kappa shape index (κ3) is 1.54. The molecule has 0 radical (unpaired) electrons. The largest absolute Gasteiger partial charge is 0.325 e. The number of nitrogens with one attached hydrogen (secondary N) is 1. The zero-order valence-corrected chi connectivity index (χ0v) is 9.83. The Bertz CT molecular complexity index is 377. The van der Waals surface area contributed by atoms with Crippen molar-refractivity contribution in [3.8, 4) is 0 Å². The topological polar surface area (TPSA) is 32.9 Å². The van der Waals surface area contributed by atoms with Crippen molar-refractivity contribution < 1.29 is 0 Å². The summed E-state index contributed by atoms with van der Waals surface area (Å²) < 4.78 is 1.18. The summed E-state index contributed by atoms with van der Waals surface area (Å²) in [6.07, 6.45) is 0. The van der Waals surface area contributed by atoms with Crippen LogP contribution in [-0.4, -0.2) is 4.98 Å². The van der Waals surface area contributed by atoms with Gasteiger partial charge >= 0.3 is 0 Å². The lowest BCUT2D eigenvalue weighted by Gasteiger charge is -2.01. The van der Waals surface area contributed by atoms with Crippen LogP contribution in [0.3, 0.4) is 0 Å². The van der Waals surface area contributed by atoms with Crippen LogP contribution in [0.5, 0.6) is 0 Å². The van der Waals surface area contributed by atoms with E-state index in [2.05, 4.69) is 41.4 Å². The Morgan fingerprint density at radius 1 is 1.31 bits per heavy atom. The van der Waals surface area contributed by atoms with Crippen LogP contribution in [0.1, 0.15) is 25.5 Å². The first-order valence-corrected chi connectivity index (χ1v) is 5.58. The molecule has 70 valence electrons. The summed E-state index contributed by atoms with van der Waals surface area (Å²) in [7, 11) is 0. The van der Waals surface area contributed by atoms with E-state index in [4.69, 9.17) is 0 Å². The average Bonchev–Trinajstić information content (AvgIpc) is 2.66. The maximum absolute atomic E-state index is 11.1. The van der Waals surface area contributed by atoms with Gasteiger partial charge in [-0.3, -0.25) is 4.79 Å². The number of H-pyrrole nitrogens is 1. The number of rotatable bonds is 1. The summed E-state index contributed by atoms with van der Waals surface area (Å²) in [5.41, 5.74) is 1.15. The fourth-order valence-electron chi connectivity index (χ4n) is 1.90. The minimum Gasteiger partial charge on any atom is -0.325 e. The van der Waals surface area contributed by atoms with Gasteiger partial charge in [0.2, 0.25) is 5.56 Å². The summed E-state index contributed by atoms with van der Waals surface area (Å²) in [5, 5.41) is 0. The van der Waals surface area contributed by atoms with E-state index < -0.39 is 0 Å². The molecule has 2 atom stereocenters. The van der Waals surface area contributed by atoms with Gasteiger partial charge in [-0.25, -0.2) is 0 Å². The number of hydrogen-bond donors (Lipinski definition) is 1. The van der Waals surface area contributed by atoms with E-state index in [1.807, 2.05) is 6.07 Å². The van der Waals surface area contributed by atoms with Crippen molar-refractivity contribution in [1.82, 2.24) is 4.98 Å². The zero-order valence-electron chi connectivity index (χ0n) is 7.67. The molecule has 1 aliphatic carbocycles. The molecule has 0 amide bonds. The zero-order chi connectivity index (χ0) is 9.59. The van der Waals surface area contributed by atoms with Crippen molar-refractivity contribution in [2.45, 2.75) is 19.8 Å². The van der Waals surface area contributed by atoms with Crippen molar-refractivity contribution in [3.63, 3.8) is 0 Å². The number of aromatic nitrogens is 1. The third-order valence-electron chi connectivity index (χ3n) is 3.05. The van der Waals surface area contributed by atoms with E-state index in [0.29, 0.717) is 17.8 Å². The molecule has 1 heterocycles. The highest BCUT2D eigenvalue weighted by Crippen LogP contribution is 2.53. The van der Waals surface area contributed by atoms with Gasteiger partial charge in [0.05, 0.1) is 0 Å². The smallest absolute Gasteiger partial charge is 0.248 e. The monoisotopic (exact) mass is 289 g/mol. The highest BCUT2D eigenvalue weighted by Gasteiger charge is 2.45. The number of pyridine rings is 1. The van der Waals surface area contributed by atoms with Crippen molar-refractivity contribution >= 4 is 22.6 Å². The second-order valence-electron chi connectivity index (χ2n) is 3.83. The second-order valence-corrected chi connectivity index (χ2v) is 4.99. The minimum absolute atomic E-state index is 0.0155. The Balaban J connectivity index is 2.41. The maximum Gasteiger partial charge on any atom is 0.248 e. The molecule has 0 saturated heterocycles. The molecule has 3 heteroatoms. The Labute approximate surface area is 90.9 Å². The van der Waals surface area contributed by atoms with Gasteiger partial charge in [0.25, 0.3) is 0 Å². The van der Waals surface area contributed by atoms with Crippen molar-refractivity contribution in [1.29, 1.82) is 0 Å². The molecule has 0 aliphatic heterocycles. The molecule has 1 N–H and O–H groups in total. The Hall–Kier alpha value is -0.320. The van der Waals surface area contributed by atoms with Crippen LogP contribution in [0, 0.1) is 15.4 Å². The first-order chi connectivity index (χ1) is 6.11. The summed E-state index contributed by atoms with van der Waals surface area (Å²) in [4.78, 5) is 14.1. The van der Waals surface area contributed by atoms with Crippen LogP contribution in [0.15, 0.2) is 16.9 Å². The molecule has 1 saturated carbocycles. The van der Waals surface area contributed by atoms with Crippen molar-refractivity contribution in [2.75, 3.05) is 0 Å². The van der Waals surface area contributed by atoms with Crippen LogP contribution in [-0.2, 0) is 0 Å². The van der Waals surface area contributed by atoms with Crippen molar-refractivity contribution in [2.24, 2.45) is 11.8 Å². The van der Waals surface area contributed by atoms with Gasteiger partial charge in [-0.05, 0) is 40.5 Å². The van der Waals surface area contributed by atoms with Crippen LogP contribution in [0.2, 0.25) is 0 Å². The van der Waals surface area contributed by atoms with Crippen LogP contribution < -0.4 is 5.56 Å². The molecule has 0 spiro atoms. The van der Waals surface area contributed by atoms with E-state index in [1.165, 1.54) is 3.57 Å². The predicted octanol–water partition coefficient (Wildman–Crippen LogP) is 2.35. The molecule has 2 nitrogen and oxygen atoms in total. The molecule has 2 unspecified atom stereocenters. The fourth-order valence-corrected chi connectivity index (χ4v) is 2.58. The lowest BCUT2D eigenvalue weighted by molar-refractivity contribution is 0.834. The van der Waals surface area contributed by atoms with Crippen LogP contribution >= 0.6 is 22.6 Å².